The molecule has 0 saturated heterocycles. The lowest BCUT2D eigenvalue weighted by Gasteiger charge is -2.29. The molecule has 1 aliphatic carbocycles. The first-order chi connectivity index (χ1) is 17.2. The number of aromatic nitrogens is 4. The van der Waals surface area contributed by atoms with Crippen LogP contribution in [0.1, 0.15) is 42.6 Å². The van der Waals surface area contributed by atoms with Crippen molar-refractivity contribution in [2.45, 2.75) is 44.3 Å². The molecule has 0 spiro atoms. The minimum Gasteiger partial charge on any atom is -0.335 e. The van der Waals surface area contributed by atoms with Crippen molar-refractivity contribution in [2.24, 2.45) is 4.99 Å². The van der Waals surface area contributed by atoms with Crippen molar-refractivity contribution < 1.29 is 0 Å². The zero-order valence-corrected chi connectivity index (χ0v) is 19.9. The van der Waals surface area contributed by atoms with Crippen molar-refractivity contribution in [1.29, 1.82) is 0 Å². The first-order valence-electron chi connectivity index (χ1n) is 12.3. The second kappa shape index (κ2) is 9.17. The summed E-state index contributed by atoms with van der Waals surface area (Å²) in [6.07, 6.45) is 14.1. The average Bonchev–Trinajstić information content (AvgIpc) is 3.32. The quantitative estimate of drug-likeness (QED) is 0.392. The maximum absolute atomic E-state index is 4.78. The number of rotatable bonds is 7. The van der Waals surface area contributed by atoms with Crippen LogP contribution in [-0.2, 0) is 6.54 Å². The van der Waals surface area contributed by atoms with Gasteiger partial charge in [0.25, 0.3) is 0 Å². The topological polar surface area (TPSA) is 90.9 Å². The summed E-state index contributed by atoms with van der Waals surface area (Å²) in [5, 5.41) is 9.21. The molecule has 0 amide bonds. The van der Waals surface area contributed by atoms with Crippen LogP contribution in [0.25, 0.3) is 33.9 Å². The molecule has 1 aromatic carbocycles. The standard InChI is InChI=1S/C28H29N7/c1-3-18-14-31-16-25-26(18)35-28(34-25)27-23-11-19(4-9-24(23)33-27)20-10-17(12-30-15-20)13-32-22-7-5-21(29-2)6-8-22/h3-4,9-12,14-16,21-22,29,32H,1,5-8,13H2,2H3,(H,34,35). The summed E-state index contributed by atoms with van der Waals surface area (Å²) >= 11 is 0. The highest BCUT2D eigenvalue weighted by molar-refractivity contribution is 5.85. The van der Waals surface area contributed by atoms with E-state index in [2.05, 4.69) is 63.5 Å². The van der Waals surface area contributed by atoms with E-state index in [0.29, 0.717) is 12.1 Å². The van der Waals surface area contributed by atoms with Crippen LogP contribution in [0.15, 0.2) is 60.6 Å². The predicted molar refractivity (Wildman–Crippen MR) is 139 cm³/mol. The molecule has 0 unspecified atom stereocenters. The Hall–Kier alpha value is -3.68. The van der Waals surface area contributed by atoms with E-state index in [1.165, 1.54) is 31.2 Å². The van der Waals surface area contributed by atoms with Crippen LogP contribution in [0, 0.1) is 0 Å². The molecule has 6 rings (SSSR count). The number of imidazole rings is 1. The second-order valence-electron chi connectivity index (χ2n) is 9.41. The Kier molecular flexibility index (Phi) is 5.72. The van der Waals surface area contributed by atoms with Crippen molar-refractivity contribution in [3.8, 4) is 11.1 Å². The lowest BCUT2D eigenvalue weighted by molar-refractivity contribution is 0.317. The maximum Gasteiger partial charge on any atom is 0.157 e. The van der Waals surface area contributed by atoms with Crippen LogP contribution in [0.5, 0.6) is 0 Å². The van der Waals surface area contributed by atoms with Gasteiger partial charge in [0.15, 0.2) is 5.82 Å². The zero-order chi connectivity index (χ0) is 23.8. The normalized spacial score (nSPS) is 19.2. The highest BCUT2D eigenvalue weighted by atomic mass is 15.0. The molecular weight excluding hydrogens is 434 g/mol. The van der Waals surface area contributed by atoms with Gasteiger partial charge in [-0.25, -0.2) is 9.98 Å². The molecule has 3 N–H and O–H groups in total. The average molecular weight is 464 g/mol. The Morgan fingerprint density at radius 3 is 2.66 bits per heavy atom. The fraction of sp³-hybridized carbons (Fsp3) is 0.286. The molecule has 4 aromatic rings. The molecule has 4 heterocycles. The number of benzene rings is 1. The molecule has 7 nitrogen and oxygen atoms in total. The summed E-state index contributed by atoms with van der Waals surface area (Å²) in [6.45, 7) is 4.71. The largest absolute Gasteiger partial charge is 0.335 e. The summed E-state index contributed by atoms with van der Waals surface area (Å²) in [6, 6.07) is 9.86. The molecular formula is C28H29N7. The van der Waals surface area contributed by atoms with Gasteiger partial charge in [0, 0.05) is 53.6 Å². The molecule has 1 aliphatic heterocycles. The Morgan fingerprint density at radius 1 is 1.00 bits per heavy atom. The molecule has 3 aromatic heterocycles. The van der Waals surface area contributed by atoms with Gasteiger partial charge in [-0.2, -0.15) is 0 Å². The van der Waals surface area contributed by atoms with Gasteiger partial charge in [0.2, 0.25) is 0 Å². The van der Waals surface area contributed by atoms with Crippen LogP contribution in [-0.4, -0.2) is 39.1 Å². The first kappa shape index (κ1) is 21.8. The number of nitrogens with zero attached hydrogens (tertiary/aromatic N) is 4. The van der Waals surface area contributed by atoms with Crippen molar-refractivity contribution in [1.82, 2.24) is 30.6 Å². The van der Waals surface area contributed by atoms with Gasteiger partial charge in [0.1, 0.15) is 5.70 Å². The molecule has 2 aliphatic rings. The number of hydrogen-bond acceptors (Lipinski definition) is 6. The minimum absolute atomic E-state index is 0.583. The van der Waals surface area contributed by atoms with Gasteiger partial charge in [-0.1, -0.05) is 18.7 Å². The van der Waals surface area contributed by atoms with E-state index >= 15 is 0 Å². The van der Waals surface area contributed by atoms with E-state index in [-0.39, 0.29) is 0 Å². The Balaban J connectivity index is 1.24. The van der Waals surface area contributed by atoms with Crippen LogP contribution < -0.4 is 21.2 Å². The third-order valence-electron chi connectivity index (χ3n) is 7.21. The van der Waals surface area contributed by atoms with E-state index in [0.717, 1.165) is 56.4 Å². The van der Waals surface area contributed by atoms with Gasteiger partial charge in [-0.15, -0.1) is 0 Å². The monoisotopic (exact) mass is 463 g/mol. The molecule has 176 valence electrons. The minimum atomic E-state index is 0.583. The van der Waals surface area contributed by atoms with E-state index in [9.17, 15) is 0 Å². The lowest BCUT2D eigenvalue weighted by Crippen LogP contribution is -2.38. The highest BCUT2D eigenvalue weighted by Crippen LogP contribution is 2.23. The van der Waals surface area contributed by atoms with E-state index in [1.54, 1.807) is 18.5 Å². The second-order valence-corrected chi connectivity index (χ2v) is 9.41. The van der Waals surface area contributed by atoms with Crippen LogP contribution >= 0.6 is 0 Å². The van der Waals surface area contributed by atoms with Crippen molar-refractivity contribution in [3.63, 3.8) is 0 Å². The Bertz CT molecular complexity index is 1530. The van der Waals surface area contributed by atoms with Crippen LogP contribution in [0.3, 0.4) is 0 Å². The number of pyridine rings is 2. The summed E-state index contributed by atoms with van der Waals surface area (Å²) in [7, 11) is 2.06. The third kappa shape index (κ3) is 4.17. The van der Waals surface area contributed by atoms with Crippen molar-refractivity contribution >= 4 is 22.8 Å². The Labute approximate surface area is 204 Å². The number of nitrogens with one attached hydrogen (secondary N) is 3. The smallest absolute Gasteiger partial charge is 0.157 e. The predicted octanol–water partition coefficient (Wildman–Crippen LogP) is 3.07. The fourth-order valence-corrected chi connectivity index (χ4v) is 5.12. The number of aromatic amines is 1. The summed E-state index contributed by atoms with van der Waals surface area (Å²) < 4.78 is 0. The van der Waals surface area contributed by atoms with Gasteiger partial charge < -0.3 is 15.6 Å². The first-order valence-corrected chi connectivity index (χ1v) is 12.3. The van der Waals surface area contributed by atoms with Gasteiger partial charge in [0.05, 0.1) is 22.6 Å². The number of H-pyrrole nitrogens is 1. The molecule has 0 radical (unpaired) electrons. The molecule has 35 heavy (non-hydrogen) atoms. The van der Waals surface area contributed by atoms with E-state index < -0.39 is 0 Å². The fourth-order valence-electron chi connectivity index (χ4n) is 5.12. The van der Waals surface area contributed by atoms with Crippen LogP contribution in [0.4, 0.5) is 0 Å². The summed E-state index contributed by atoms with van der Waals surface area (Å²) in [4.78, 5) is 21.6. The summed E-state index contributed by atoms with van der Waals surface area (Å²) in [5.74, 6) is 0.754. The molecule has 1 fully saturated rings. The SMILES string of the molecule is C=Cc1cncc2[nH]c(C3=c4cc(-c5cncc(CNC6CCC(NC)CC6)c5)ccc4=N3)nc12. The lowest BCUT2D eigenvalue weighted by atomic mass is 9.91. The zero-order valence-electron chi connectivity index (χ0n) is 19.9. The number of hydrogen-bond donors (Lipinski definition) is 3. The van der Waals surface area contributed by atoms with Crippen LogP contribution in [0.2, 0.25) is 0 Å². The third-order valence-corrected chi connectivity index (χ3v) is 7.21. The molecule has 7 heteroatoms. The Morgan fingerprint density at radius 2 is 1.83 bits per heavy atom. The van der Waals surface area contributed by atoms with Crippen molar-refractivity contribution in [3.05, 3.63) is 83.2 Å². The maximum atomic E-state index is 4.78. The summed E-state index contributed by atoms with van der Waals surface area (Å²) in [5.41, 5.74) is 6.97. The van der Waals surface area contributed by atoms with E-state index in [4.69, 9.17) is 9.98 Å². The molecule has 0 atom stereocenters. The molecule has 0 bridgehead atoms. The highest BCUT2D eigenvalue weighted by Gasteiger charge is 2.20. The molecule has 1 saturated carbocycles. The van der Waals surface area contributed by atoms with Gasteiger partial charge >= 0.3 is 0 Å². The van der Waals surface area contributed by atoms with Gasteiger partial charge in [-0.05, 0) is 62.1 Å². The van der Waals surface area contributed by atoms with Crippen molar-refractivity contribution in [2.75, 3.05) is 7.05 Å². The van der Waals surface area contributed by atoms with Gasteiger partial charge in [-0.3, -0.25) is 9.97 Å². The van der Waals surface area contributed by atoms with E-state index in [1.807, 2.05) is 12.4 Å². The number of fused-ring (bicyclic) bond motifs is 2.